The summed E-state index contributed by atoms with van der Waals surface area (Å²) in [7, 11) is 0. The van der Waals surface area contributed by atoms with Crippen molar-refractivity contribution in [1.82, 2.24) is 19.9 Å². The van der Waals surface area contributed by atoms with Gasteiger partial charge in [-0.25, -0.2) is 4.98 Å². The van der Waals surface area contributed by atoms with Gasteiger partial charge in [-0.1, -0.05) is 11.6 Å². The van der Waals surface area contributed by atoms with Gasteiger partial charge in [0.15, 0.2) is 0 Å². The van der Waals surface area contributed by atoms with Gasteiger partial charge < -0.3 is 14.5 Å². The SMILES string of the molecule is O=C(c1cncc(Cl)c1)N1CCC2(CCc3c2nc(N2CCOCC2)[nH]c3=O)CC1. The van der Waals surface area contributed by atoms with Crippen molar-refractivity contribution in [3.63, 3.8) is 0 Å². The second-order valence-corrected chi connectivity index (χ2v) is 8.72. The van der Waals surface area contributed by atoms with Crippen molar-refractivity contribution in [2.45, 2.75) is 31.1 Å². The van der Waals surface area contributed by atoms with E-state index >= 15 is 0 Å². The Balaban J connectivity index is 1.37. The van der Waals surface area contributed by atoms with Crippen LogP contribution in [-0.2, 0) is 16.6 Å². The van der Waals surface area contributed by atoms with Gasteiger partial charge in [0, 0.05) is 49.6 Å². The summed E-state index contributed by atoms with van der Waals surface area (Å²) in [5.41, 5.74) is 2.10. The molecule has 0 unspecified atom stereocenters. The highest BCUT2D eigenvalue weighted by Gasteiger charge is 2.45. The van der Waals surface area contributed by atoms with E-state index in [1.165, 1.54) is 6.20 Å². The number of carbonyl (C=O) groups is 1. The predicted octanol–water partition coefficient (Wildman–Crippen LogP) is 1.78. The van der Waals surface area contributed by atoms with Crippen molar-refractivity contribution >= 4 is 23.5 Å². The fraction of sp³-hybridized carbons (Fsp3) is 0.524. The van der Waals surface area contributed by atoms with Crippen LogP contribution in [0.1, 0.15) is 40.9 Å². The quantitative estimate of drug-likeness (QED) is 0.782. The molecule has 0 saturated carbocycles. The monoisotopic (exact) mass is 429 g/mol. The highest BCUT2D eigenvalue weighted by molar-refractivity contribution is 6.30. The Morgan fingerprint density at radius 3 is 2.63 bits per heavy atom. The summed E-state index contributed by atoms with van der Waals surface area (Å²) >= 11 is 5.99. The van der Waals surface area contributed by atoms with Crippen LogP contribution in [-0.4, -0.2) is 65.2 Å². The first kappa shape index (κ1) is 19.5. The highest BCUT2D eigenvalue weighted by atomic mass is 35.5. The fourth-order valence-corrected chi connectivity index (χ4v) is 5.07. The number of hydrogen-bond donors (Lipinski definition) is 1. The summed E-state index contributed by atoms with van der Waals surface area (Å²) in [6, 6.07) is 1.65. The molecule has 0 aromatic carbocycles. The summed E-state index contributed by atoms with van der Waals surface area (Å²) in [6.07, 6.45) is 6.34. The second-order valence-electron chi connectivity index (χ2n) is 8.28. The molecule has 4 heterocycles. The number of amides is 1. The van der Waals surface area contributed by atoms with E-state index in [4.69, 9.17) is 21.3 Å². The average Bonchev–Trinajstić information content (AvgIpc) is 3.13. The first-order chi connectivity index (χ1) is 14.6. The molecule has 1 N–H and O–H groups in total. The van der Waals surface area contributed by atoms with Crippen LogP contribution in [0, 0.1) is 0 Å². The Morgan fingerprint density at radius 2 is 1.90 bits per heavy atom. The van der Waals surface area contributed by atoms with Crippen LogP contribution >= 0.6 is 11.6 Å². The van der Waals surface area contributed by atoms with E-state index in [0.29, 0.717) is 42.8 Å². The second kappa shape index (κ2) is 7.67. The number of H-pyrrole nitrogens is 1. The Bertz CT molecular complexity index is 1030. The van der Waals surface area contributed by atoms with Crippen LogP contribution in [0.25, 0.3) is 0 Å². The summed E-state index contributed by atoms with van der Waals surface area (Å²) in [4.78, 5) is 41.5. The maximum absolute atomic E-state index is 12.9. The van der Waals surface area contributed by atoms with Gasteiger partial charge >= 0.3 is 0 Å². The minimum atomic E-state index is -0.131. The number of halogens is 1. The molecule has 1 amide bonds. The molecule has 9 heteroatoms. The molecule has 3 aliphatic rings. The van der Waals surface area contributed by atoms with Gasteiger partial charge in [-0.2, -0.15) is 0 Å². The van der Waals surface area contributed by atoms with E-state index in [1.807, 2.05) is 4.90 Å². The van der Waals surface area contributed by atoms with Crippen LogP contribution in [0.2, 0.25) is 5.02 Å². The maximum atomic E-state index is 12.9. The minimum Gasteiger partial charge on any atom is -0.378 e. The highest BCUT2D eigenvalue weighted by Crippen LogP contribution is 2.44. The van der Waals surface area contributed by atoms with Crippen molar-refractivity contribution < 1.29 is 9.53 Å². The summed E-state index contributed by atoms with van der Waals surface area (Å²) in [6.45, 7) is 4.00. The van der Waals surface area contributed by atoms with Crippen molar-refractivity contribution in [3.05, 3.63) is 50.7 Å². The molecule has 2 aromatic heterocycles. The van der Waals surface area contributed by atoms with E-state index in [-0.39, 0.29) is 16.9 Å². The Hall–Kier alpha value is -2.45. The Kier molecular flexibility index (Phi) is 4.99. The number of morpholine rings is 1. The van der Waals surface area contributed by atoms with Gasteiger partial charge in [0.25, 0.3) is 11.5 Å². The number of piperidine rings is 1. The van der Waals surface area contributed by atoms with E-state index in [1.54, 1.807) is 12.3 Å². The van der Waals surface area contributed by atoms with Crippen LogP contribution in [0.4, 0.5) is 5.95 Å². The van der Waals surface area contributed by atoms with E-state index in [9.17, 15) is 9.59 Å². The lowest BCUT2D eigenvalue weighted by atomic mass is 9.76. The third kappa shape index (κ3) is 3.37. The third-order valence-corrected chi connectivity index (χ3v) is 6.84. The maximum Gasteiger partial charge on any atom is 0.255 e. The molecular weight excluding hydrogens is 406 g/mol. The normalized spacial score (nSPS) is 20.4. The molecule has 0 bridgehead atoms. The first-order valence-corrected chi connectivity index (χ1v) is 10.8. The van der Waals surface area contributed by atoms with Gasteiger partial charge in [0.05, 0.1) is 29.5 Å². The van der Waals surface area contributed by atoms with Crippen molar-refractivity contribution in [2.24, 2.45) is 0 Å². The Morgan fingerprint density at radius 1 is 1.13 bits per heavy atom. The van der Waals surface area contributed by atoms with E-state index in [2.05, 4.69) is 14.9 Å². The van der Waals surface area contributed by atoms with Crippen molar-refractivity contribution in [2.75, 3.05) is 44.3 Å². The number of nitrogens with one attached hydrogen (secondary N) is 1. The molecule has 1 aliphatic carbocycles. The van der Waals surface area contributed by atoms with E-state index in [0.717, 1.165) is 50.0 Å². The van der Waals surface area contributed by atoms with Crippen molar-refractivity contribution in [1.29, 1.82) is 0 Å². The van der Waals surface area contributed by atoms with Gasteiger partial charge in [-0.05, 0) is 31.7 Å². The third-order valence-electron chi connectivity index (χ3n) is 6.63. The van der Waals surface area contributed by atoms with Crippen LogP contribution in [0.3, 0.4) is 0 Å². The summed E-state index contributed by atoms with van der Waals surface area (Å²) in [5.74, 6) is 0.595. The minimum absolute atomic E-state index is 0.0260. The Labute approximate surface area is 179 Å². The first-order valence-electron chi connectivity index (χ1n) is 10.4. The zero-order chi connectivity index (χ0) is 20.7. The predicted molar refractivity (Wildman–Crippen MR) is 112 cm³/mol. The molecular formula is C21H24ClN5O3. The molecule has 158 valence electrons. The lowest BCUT2D eigenvalue weighted by molar-refractivity contribution is 0.0663. The number of aromatic nitrogens is 3. The molecule has 1 spiro atoms. The number of rotatable bonds is 2. The van der Waals surface area contributed by atoms with Crippen molar-refractivity contribution in [3.8, 4) is 0 Å². The topological polar surface area (TPSA) is 91.4 Å². The number of pyridine rings is 1. The lowest BCUT2D eigenvalue weighted by Gasteiger charge is -2.39. The molecule has 2 fully saturated rings. The number of hydrogen-bond acceptors (Lipinski definition) is 6. The lowest BCUT2D eigenvalue weighted by Crippen LogP contribution is -2.45. The van der Waals surface area contributed by atoms with Gasteiger partial charge in [0.1, 0.15) is 0 Å². The largest absolute Gasteiger partial charge is 0.378 e. The fourth-order valence-electron chi connectivity index (χ4n) is 4.90. The summed E-state index contributed by atoms with van der Waals surface area (Å²) in [5, 5.41) is 0.457. The molecule has 2 aromatic rings. The molecule has 2 saturated heterocycles. The van der Waals surface area contributed by atoms with Gasteiger partial charge in [-0.15, -0.1) is 0 Å². The number of likely N-dealkylation sites (tertiary alicyclic amines) is 1. The molecule has 8 nitrogen and oxygen atoms in total. The van der Waals surface area contributed by atoms with Gasteiger partial charge in [-0.3, -0.25) is 19.6 Å². The molecule has 0 radical (unpaired) electrons. The molecule has 30 heavy (non-hydrogen) atoms. The van der Waals surface area contributed by atoms with Crippen LogP contribution in [0.15, 0.2) is 23.3 Å². The molecule has 5 rings (SSSR count). The number of carbonyl (C=O) groups excluding carboxylic acids is 1. The zero-order valence-electron chi connectivity index (χ0n) is 16.7. The van der Waals surface area contributed by atoms with E-state index < -0.39 is 0 Å². The smallest absolute Gasteiger partial charge is 0.255 e. The molecule has 0 atom stereocenters. The zero-order valence-corrected chi connectivity index (χ0v) is 17.5. The number of aromatic amines is 1. The average molecular weight is 430 g/mol. The standard InChI is InChI=1S/C21H24ClN5O3/c22-15-11-14(12-23-13-15)19(29)26-5-3-21(4-6-26)2-1-16-17(21)24-20(25-18(16)28)27-7-9-30-10-8-27/h11-13H,1-10H2,(H,24,25,28). The summed E-state index contributed by atoms with van der Waals surface area (Å²) < 4.78 is 5.42. The van der Waals surface area contributed by atoms with Crippen LogP contribution in [0.5, 0.6) is 0 Å². The van der Waals surface area contributed by atoms with Gasteiger partial charge in [0.2, 0.25) is 5.95 Å². The van der Waals surface area contributed by atoms with Crippen LogP contribution < -0.4 is 10.5 Å². The number of nitrogens with zero attached hydrogens (tertiary/aromatic N) is 4. The number of ether oxygens (including phenoxy) is 1. The number of anilines is 1. The molecule has 2 aliphatic heterocycles. The number of fused-ring (bicyclic) bond motifs is 2.